The van der Waals surface area contributed by atoms with Crippen molar-refractivity contribution in [2.45, 2.75) is 168 Å². The van der Waals surface area contributed by atoms with Crippen LogP contribution in [0.15, 0.2) is 0 Å². The molecule has 4 atom stereocenters. The number of nitrogens with zero attached hydrogens (tertiary/aromatic N) is 2. The molecule has 1 aliphatic heterocycles. The Morgan fingerprint density at radius 2 is 0.639 bits per heavy atom. The Bertz CT molecular complexity index is 433. The van der Waals surface area contributed by atoms with Crippen LogP contribution in [-0.4, -0.2) is 61.3 Å². The van der Waals surface area contributed by atoms with E-state index in [1.807, 2.05) is 0 Å². The molecular weight excluding hydrogens is 483 g/mol. The summed E-state index contributed by atoms with van der Waals surface area (Å²) in [6.45, 7) is 15.3. The summed E-state index contributed by atoms with van der Waals surface area (Å²) in [5.41, 5.74) is 0. The van der Waals surface area contributed by atoms with Gasteiger partial charge in [0.05, 0.1) is 27.2 Å². The molecule has 0 amide bonds. The first-order valence-corrected chi connectivity index (χ1v) is 16.1. The van der Waals surface area contributed by atoms with Crippen LogP contribution in [0, 0.1) is 0 Å². The summed E-state index contributed by atoms with van der Waals surface area (Å²) >= 11 is 0. The molecule has 0 aliphatic carbocycles. The zero-order valence-corrected chi connectivity index (χ0v) is 27.3. The molecule has 0 N–H and O–H groups in total. The largest absolute Gasteiger partial charge is 1.00 e. The molecule has 0 radical (unpaired) electrons. The molecule has 0 bridgehead atoms. The average Bonchev–Trinajstić information content (AvgIpc) is 2.80. The quantitative estimate of drug-likeness (QED) is 0.143. The molecule has 1 rings (SSSR count). The summed E-state index contributed by atoms with van der Waals surface area (Å²) in [7, 11) is 5.14. The first kappa shape index (κ1) is 38.6. The van der Waals surface area contributed by atoms with Gasteiger partial charge in [0.2, 0.25) is 0 Å². The Morgan fingerprint density at radius 1 is 0.417 bits per heavy atom. The highest BCUT2D eigenvalue weighted by atomic mass is 35.5. The number of quaternary nitrogens is 2. The van der Waals surface area contributed by atoms with Crippen LogP contribution in [0.4, 0.5) is 0 Å². The number of unbranched alkanes of at least 4 members (excludes halogenated alkanes) is 18. The Balaban J connectivity index is 0. The second kappa shape index (κ2) is 23.4. The van der Waals surface area contributed by atoms with Gasteiger partial charge in [-0.3, -0.25) is 0 Å². The second-order valence-electron chi connectivity index (χ2n) is 12.8. The lowest BCUT2D eigenvalue weighted by Gasteiger charge is -2.54. The Morgan fingerprint density at radius 3 is 0.889 bits per heavy atom. The van der Waals surface area contributed by atoms with Crippen molar-refractivity contribution >= 4 is 0 Å². The highest BCUT2D eigenvalue weighted by Crippen LogP contribution is 2.28. The van der Waals surface area contributed by atoms with E-state index in [4.69, 9.17) is 0 Å². The molecule has 1 fully saturated rings. The normalized spacial score (nSPS) is 25.8. The van der Waals surface area contributed by atoms with Gasteiger partial charge in [-0.25, -0.2) is 0 Å². The van der Waals surface area contributed by atoms with Gasteiger partial charge >= 0.3 is 0 Å². The predicted octanol–water partition coefficient (Wildman–Crippen LogP) is 3.52. The van der Waals surface area contributed by atoms with Gasteiger partial charge in [0.25, 0.3) is 0 Å². The highest BCUT2D eigenvalue weighted by molar-refractivity contribution is 4.66. The van der Waals surface area contributed by atoms with Crippen LogP contribution in [0.1, 0.15) is 156 Å². The van der Waals surface area contributed by atoms with Crippen LogP contribution >= 0.6 is 0 Å². The Labute approximate surface area is 241 Å². The second-order valence-corrected chi connectivity index (χ2v) is 12.8. The van der Waals surface area contributed by atoms with Crippen molar-refractivity contribution in [3.05, 3.63) is 0 Å². The molecule has 4 unspecified atom stereocenters. The van der Waals surface area contributed by atoms with Crippen molar-refractivity contribution < 1.29 is 33.8 Å². The van der Waals surface area contributed by atoms with E-state index in [0.29, 0.717) is 0 Å². The molecule has 1 heterocycles. The van der Waals surface area contributed by atoms with E-state index >= 15 is 0 Å². The standard InChI is InChI=1S/C32H68N2.2ClH/c1-7-9-11-13-15-17-19-21-23-25-27-33(5)29-32(4)34(6,30-31(33)3)28-26-24-22-20-18-16-14-12-10-8-2;;/h31-32H,7-30H2,1-6H3;2*1H/q+2;;/p-2. The Hall–Kier alpha value is 0.500. The topological polar surface area (TPSA) is 0 Å². The first-order chi connectivity index (χ1) is 16.4. The number of hydrogen-bond acceptors (Lipinski definition) is 0. The summed E-state index contributed by atoms with van der Waals surface area (Å²) in [6.07, 6.45) is 29.0. The molecule has 0 aromatic carbocycles. The van der Waals surface area contributed by atoms with E-state index in [0.717, 1.165) is 12.1 Å². The van der Waals surface area contributed by atoms with E-state index in [-0.39, 0.29) is 24.8 Å². The molecule has 220 valence electrons. The molecule has 4 heteroatoms. The maximum atomic E-state index is 2.57. The zero-order chi connectivity index (χ0) is 25.1. The summed E-state index contributed by atoms with van der Waals surface area (Å²) in [6, 6.07) is 1.62. The first-order valence-electron chi connectivity index (χ1n) is 16.1. The van der Waals surface area contributed by atoms with E-state index in [1.165, 1.54) is 164 Å². The third-order valence-corrected chi connectivity index (χ3v) is 9.54. The van der Waals surface area contributed by atoms with Crippen molar-refractivity contribution in [2.75, 3.05) is 40.3 Å². The fourth-order valence-electron chi connectivity index (χ4n) is 6.51. The molecule has 0 saturated carbocycles. The third kappa shape index (κ3) is 16.5. The van der Waals surface area contributed by atoms with Crippen molar-refractivity contribution in [1.82, 2.24) is 0 Å². The van der Waals surface area contributed by atoms with Crippen LogP contribution < -0.4 is 24.8 Å². The van der Waals surface area contributed by atoms with Gasteiger partial charge in [-0.15, -0.1) is 0 Å². The third-order valence-electron chi connectivity index (χ3n) is 9.54. The fraction of sp³-hybridized carbons (Fsp3) is 1.00. The van der Waals surface area contributed by atoms with Gasteiger partial charge in [-0.05, 0) is 39.5 Å². The number of likely N-dealkylation sites (N-methyl/N-ethyl adjacent to an activating group) is 2. The van der Waals surface area contributed by atoms with E-state index in [1.54, 1.807) is 0 Å². The number of hydrogen-bond donors (Lipinski definition) is 0. The van der Waals surface area contributed by atoms with Gasteiger partial charge in [-0.2, -0.15) is 0 Å². The van der Waals surface area contributed by atoms with Gasteiger partial charge in [0, 0.05) is 0 Å². The van der Waals surface area contributed by atoms with Gasteiger partial charge in [0.1, 0.15) is 25.2 Å². The lowest BCUT2D eigenvalue weighted by atomic mass is 9.99. The monoisotopic (exact) mass is 550 g/mol. The predicted molar refractivity (Wildman–Crippen MR) is 154 cm³/mol. The van der Waals surface area contributed by atoms with E-state index < -0.39 is 0 Å². The average molecular weight is 552 g/mol. The molecule has 2 nitrogen and oxygen atoms in total. The number of halogens is 2. The smallest absolute Gasteiger partial charge is 0.136 e. The maximum absolute atomic E-state index is 2.57. The molecule has 0 spiro atoms. The molecule has 1 aliphatic rings. The summed E-state index contributed by atoms with van der Waals surface area (Å²) in [4.78, 5) is 0. The lowest BCUT2D eigenvalue weighted by molar-refractivity contribution is -1.05. The number of rotatable bonds is 22. The minimum atomic E-state index is 0. The van der Waals surface area contributed by atoms with Gasteiger partial charge in [-0.1, -0.05) is 117 Å². The van der Waals surface area contributed by atoms with Crippen molar-refractivity contribution in [3.8, 4) is 0 Å². The van der Waals surface area contributed by atoms with Gasteiger partial charge in [0.15, 0.2) is 0 Å². The Kier molecular flexibility index (Phi) is 25.1. The van der Waals surface area contributed by atoms with E-state index in [9.17, 15) is 0 Å². The molecule has 0 aromatic rings. The van der Waals surface area contributed by atoms with Crippen LogP contribution in [-0.2, 0) is 0 Å². The minimum Gasteiger partial charge on any atom is -1.00 e. The van der Waals surface area contributed by atoms with Crippen molar-refractivity contribution in [1.29, 1.82) is 0 Å². The van der Waals surface area contributed by atoms with Crippen molar-refractivity contribution in [2.24, 2.45) is 0 Å². The minimum absolute atomic E-state index is 0. The van der Waals surface area contributed by atoms with Crippen LogP contribution in [0.5, 0.6) is 0 Å². The van der Waals surface area contributed by atoms with Crippen LogP contribution in [0.25, 0.3) is 0 Å². The summed E-state index contributed by atoms with van der Waals surface area (Å²) in [5.74, 6) is 0. The van der Waals surface area contributed by atoms with Crippen molar-refractivity contribution in [3.63, 3.8) is 0 Å². The number of piperazine rings is 1. The van der Waals surface area contributed by atoms with Crippen LogP contribution in [0.3, 0.4) is 0 Å². The van der Waals surface area contributed by atoms with Crippen LogP contribution in [0.2, 0.25) is 0 Å². The maximum Gasteiger partial charge on any atom is 0.136 e. The molecule has 0 aromatic heterocycles. The molecular formula is C32H68Cl2N2. The summed E-state index contributed by atoms with van der Waals surface area (Å²) in [5, 5.41) is 0. The zero-order valence-electron chi connectivity index (χ0n) is 25.8. The molecule has 1 saturated heterocycles. The highest BCUT2D eigenvalue weighted by Gasteiger charge is 2.46. The SMILES string of the molecule is CCCCCCCCCCCC[N+]1(C)CC(C)[N+](C)(CCCCCCCCCCCC)CC1C.[Cl-].[Cl-]. The fourth-order valence-corrected chi connectivity index (χ4v) is 6.51. The van der Waals surface area contributed by atoms with E-state index in [2.05, 4.69) is 41.8 Å². The lowest BCUT2D eigenvalue weighted by Crippen LogP contribution is -3.00. The molecule has 36 heavy (non-hydrogen) atoms. The summed E-state index contributed by atoms with van der Waals surface area (Å²) < 4.78 is 2.65. The van der Waals surface area contributed by atoms with Gasteiger partial charge < -0.3 is 33.8 Å².